The molecule has 4 rings (SSSR count). The van der Waals surface area contributed by atoms with E-state index in [2.05, 4.69) is 0 Å². The minimum Gasteiger partial charge on any atom is -0.507 e. The van der Waals surface area contributed by atoms with E-state index in [9.17, 15) is 14.7 Å². The average molecular weight is 533 g/mol. The van der Waals surface area contributed by atoms with Gasteiger partial charge < -0.3 is 14.6 Å². The number of ether oxygens (including phenoxy) is 2. The van der Waals surface area contributed by atoms with Crippen molar-refractivity contribution in [1.29, 1.82) is 0 Å². The zero-order valence-corrected chi connectivity index (χ0v) is 21.2. The first-order chi connectivity index (χ1) is 16.7. The summed E-state index contributed by atoms with van der Waals surface area (Å²) in [5.74, 6) is -1.65. The molecule has 1 atom stereocenters. The number of aliphatic hydroxyl groups is 1. The molecule has 0 saturated carbocycles. The number of methoxy groups -OCH3 is 2. The van der Waals surface area contributed by atoms with Crippen molar-refractivity contribution in [2.24, 2.45) is 0 Å². The number of hydrogen-bond donors (Lipinski definition) is 1. The van der Waals surface area contributed by atoms with Gasteiger partial charge in [0.2, 0.25) is 0 Å². The van der Waals surface area contributed by atoms with E-state index in [1.54, 1.807) is 30.3 Å². The maximum atomic E-state index is 13.4. The second kappa shape index (κ2) is 9.82. The predicted molar refractivity (Wildman–Crippen MR) is 137 cm³/mol. The van der Waals surface area contributed by atoms with Gasteiger partial charge >= 0.3 is 0 Å². The number of carbonyl (C=O) groups excluding carboxylic acids is 2. The number of halogens is 3. The van der Waals surface area contributed by atoms with Gasteiger partial charge in [0, 0.05) is 11.8 Å². The number of benzene rings is 3. The van der Waals surface area contributed by atoms with Crippen molar-refractivity contribution in [3.8, 4) is 11.5 Å². The second-order valence-corrected chi connectivity index (χ2v) is 9.09. The molecule has 1 fully saturated rings. The van der Waals surface area contributed by atoms with Crippen LogP contribution >= 0.6 is 34.8 Å². The van der Waals surface area contributed by atoms with Crippen LogP contribution in [0.3, 0.4) is 0 Å². The molecule has 1 saturated heterocycles. The SMILES string of the molecule is COc1cc(/C(O)=C2\C(=O)C(=O)N(c3ccc(C)cc3)C2c2ccc(Cl)c(Cl)c2)c(OC)cc1Cl. The van der Waals surface area contributed by atoms with Crippen molar-refractivity contribution >= 4 is 57.9 Å². The number of ketones is 1. The number of aryl methyl sites for hydroxylation is 1. The molecule has 1 amide bonds. The summed E-state index contributed by atoms with van der Waals surface area (Å²) in [6.07, 6.45) is 0. The third-order valence-corrected chi connectivity index (χ3v) is 6.78. The average Bonchev–Trinajstić information content (AvgIpc) is 3.11. The maximum Gasteiger partial charge on any atom is 0.300 e. The highest BCUT2D eigenvalue weighted by Gasteiger charge is 2.47. The Morgan fingerprint density at radius 2 is 1.51 bits per heavy atom. The van der Waals surface area contributed by atoms with E-state index in [1.807, 2.05) is 19.1 Å². The van der Waals surface area contributed by atoms with Crippen molar-refractivity contribution in [3.05, 3.63) is 91.9 Å². The van der Waals surface area contributed by atoms with Gasteiger partial charge in [-0.2, -0.15) is 0 Å². The van der Waals surface area contributed by atoms with Crippen molar-refractivity contribution in [1.82, 2.24) is 0 Å². The van der Waals surface area contributed by atoms with Gasteiger partial charge in [0.05, 0.1) is 46.5 Å². The quantitative estimate of drug-likeness (QED) is 0.228. The number of amides is 1. The molecule has 3 aromatic carbocycles. The van der Waals surface area contributed by atoms with E-state index in [0.717, 1.165) is 5.56 Å². The zero-order valence-electron chi connectivity index (χ0n) is 18.9. The van der Waals surface area contributed by atoms with Crippen molar-refractivity contribution in [3.63, 3.8) is 0 Å². The number of hydrogen-bond acceptors (Lipinski definition) is 5. The van der Waals surface area contributed by atoms with Gasteiger partial charge in [0.15, 0.2) is 0 Å². The Balaban J connectivity index is 2.01. The molecular weight excluding hydrogens is 513 g/mol. The van der Waals surface area contributed by atoms with Crippen LogP contribution < -0.4 is 14.4 Å². The summed E-state index contributed by atoms with van der Waals surface area (Å²) in [6.45, 7) is 1.91. The molecule has 35 heavy (non-hydrogen) atoms. The smallest absolute Gasteiger partial charge is 0.300 e. The number of rotatable bonds is 5. The minimum atomic E-state index is -0.987. The Morgan fingerprint density at radius 3 is 2.11 bits per heavy atom. The van der Waals surface area contributed by atoms with E-state index in [-0.39, 0.29) is 32.7 Å². The van der Waals surface area contributed by atoms with Gasteiger partial charge in [-0.05, 0) is 42.8 Å². The summed E-state index contributed by atoms with van der Waals surface area (Å²) in [5.41, 5.74) is 1.95. The lowest BCUT2D eigenvalue weighted by molar-refractivity contribution is -0.132. The Hall–Kier alpha value is -3.19. The molecular formula is C26H20Cl3NO5. The van der Waals surface area contributed by atoms with Crippen LogP contribution in [-0.2, 0) is 9.59 Å². The lowest BCUT2D eigenvalue weighted by Crippen LogP contribution is -2.29. The maximum absolute atomic E-state index is 13.4. The summed E-state index contributed by atoms with van der Waals surface area (Å²) in [6, 6.07) is 13.8. The monoisotopic (exact) mass is 531 g/mol. The summed E-state index contributed by atoms with van der Waals surface area (Å²) in [5, 5.41) is 12.2. The first-order valence-electron chi connectivity index (χ1n) is 10.4. The van der Waals surface area contributed by atoms with Crippen LogP contribution in [0.5, 0.6) is 11.5 Å². The standard InChI is InChI=1S/C26H20Cl3NO5/c1-13-4-7-15(8-5-13)30-23(14-6-9-17(27)18(28)10-14)22(25(32)26(30)33)24(31)16-11-21(35-3)19(29)12-20(16)34-2/h4-12,23,31H,1-3H3/b24-22+. The molecule has 180 valence electrons. The van der Waals surface area contributed by atoms with Gasteiger partial charge in [-0.3, -0.25) is 14.5 Å². The minimum absolute atomic E-state index is 0.140. The fraction of sp³-hybridized carbons (Fsp3) is 0.154. The van der Waals surface area contributed by atoms with Crippen molar-refractivity contribution < 1.29 is 24.2 Å². The van der Waals surface area contributed by atoms with E-state index >= 15 is 0 Å². The molecule has 3 aromatic rings. The van der Waals surface area contributed by atoms with Gasteiger partial charge in [-0.15, -0.1) is 0 Å². The fourth-order valence-electron chi connectivity index (χ4n) is 3.99. The van der Waals surface area contributed by atoms with Gasteiger partial charge in [0.1, 0.15) is 17.3 Å². The largest absolute Gasteiger partial charge is 0.507 e. The van der Waals surface area contributed by atoms with Crippen LogP contribution in [0.2, 0.25) is 15.1 Å². The molecule has 0 aliphatic carbocycles. The molecule has 0 bridgehead atoms. The van der Waals surface area contributed by atoms with Crippen LogP contribution in [0.25, 0.3) is 5.76 Å². The molecule has 9 heteroatoms. The topological polar surface area (TPSA) is 76.1 Å². The highest BCUT2D eigenvalue weighted by atomic mass is 35.5. The van der Waals surface area contributed by atoms with E-state index in [0.29, 0.717) is 16.3 Å². The van der Waals surface area contributed by atoms with Crippen molar-refractivity contribution in [2.45, 2.75) is 13.0 Å². The number of carbonyl (C=O) groups is 2. The highest BCUT2D eigenvalue weighted by Crippen LogP contribution is 2.45. The Bertz CT molecular complexity index is 1370. The molecule has 1 aliphatic heterocycles. The van der Waals surface area contributed by atoms with Crippen molar-refractivity contribution in [2.75, 3.05) is 19.1 Å². The molecule has 1 unspecified atom stereocenters. The zero-order chi connectivity index (χ0) is 25.4. The Labute approximate surface area is 217 Å². The normalized spacial score (nSPS) is 17.1. The van der Waals surface area contributed by atoms with Crippen LogP contribution in [0.1, 0.15) is 22.7 Å². The summed E-state index contributed by atoms with van der Waals surface area (Å²) >= 11 is 18.6. The summed E-state index contributed by atoms with van der Waals surface area (Å²) < 4.78 is 10.7. The first-order valence-corrected chi connectivity index (χ1v) is 11.6. The van der Waals surface area contributed by atoms with Gasteiger partial charge in [-0.1, -0.05) is 58.6 Å². The van der Waals surface area contributed by atoms with Crippen LogP contribution in [-0.4, -0.2) is 31.0 Å². The number of aliphatic hydroxyl groups excluding tert-OH is 1. The molecule has 1 aliphatic rings. The molecule has 0 radical (unpaired) electrons. The second-order valence-electron chi connectivity index (χ2n) is 7.87. The lowest BCUT2D eigenvalue weighted by atomic mass is 9.94. The van der Waals surface area contributed by atoms with Gasteiger partial charge in [-0.25, -0.2) is 0 Å². The molecule has 1 N–H and O–H groups in total. The van der Waals surface area contributed by atoms with Crippen LogP contribution in [0, 0.1) is 6.92 Å². The molecule has 6 nitrogen and oxygen atoms in total. The first kappa shape index (κ1) is 24.9. The third-order valence-electron chi connectivity index (χ3n) is 5.75. The van der Waals surface area contributed by atoms with E-state index in [4.69, 9.17) is 44.3 Å². The lowest BCUT2D eigenvalue weighted by Gasteiger charge is -2.26. The summed E-state index contributed by atoms with van der Waals surface area (Å²) in [4.78, 5) is 28.0. The highest BCUT2D eigenvalue weighted by molar-refractivity contribution is 6.52. The number of anilines is 1. The van der Waals surface area contributed by atoms with E-state index < -0.39 is 23.5 Å². The molecule has 0 spiro atoms. The summed E-state index contributed by atoms with van der Waals surface area (Å²) in [7, 11) is 2.82. The predicted octanol–water partition coefficient (Wildman–Crippen LogP) is 6.60. The van der Waals surface area contributed by atoms with Gasteiger partial charge in [0.25, 0.3) is 11.7 Å². The van der Waals surface area contributed by atoms with Crippen LogP contribution in [0.15, 0.2) is 60.2 Å². The Kier molecular flexibility index (Phi) is 6.99. The Morgan fingerprint density at radius 1 is 0.857 bits per heavy atom. The number of Topliss-reactive ketones (excluding diaryl/α,β-unsaturated/α-hetero) is 1. The van der Waals surface area contributed by atoms with Crippen LogP contribution in [0.4, 0.5) is 5.69 Å². The fourth-order valence-corrected chi connectivity index (χ4v) is 4.53. The van der Waals surface area contributed by atoms with E-state index in [1.165, 1.54) is 31.3 Å². The third kappa shape index (κ3) is 4.45. The number of nitrogens with zero attached hydrogens (tertiary/aromatic N) is 1. The molecule has 0 aromatic heterocycles. The molecule has 1 heterocycles.